The molecule has 1 saturated heterocycles. The van der Waals surface area contributed by atoms with Gasteiger partial charge in [-0.1, -0.05) is 29.8 Å². The quantitative estimate of drug-likeness (QED) is 0.572. The van der Waals surface area contributed by atoms with E-state index in [2.05, 4.69) is 29.2 Å². The third-order valence-electron chi connectivity index (χ3n) is 4.22. The van der Waals surface area contributed by atoms with Crippen LogP contribution in [0.5, 0.6) is 0 Å². The number of ether oxygens (including phenoxy) is 1. The number of piperidine rings is 1. The maximum Gasteiger partial charge on any atom is 0.330 e. The van der Waals surface area contributed by atoms with E-state index in [1.807, 2.05) is 0 Å². The van der Waals surface area contributed by atoms with Crippen LogP contribution in [0, 0.1) is 0 Å². The molecule has 3 heteroatoms. The Kier molecular flexibility index (Phi) is 3.38. The number of hydrogen-bond donors (Lipinski definition) is 0. The van der Waals surface area contributed by atoms with Crippen molar-refractivity contribution in [3.63, 3.8) is 0 Å². The fourth-order valence-corrected chi connectivity index (χ4v) is 3.20. The van der Waals surface area contributed by atoms with Gasteiger partial charge in [0.2, 0.25) is 0 Å². The second kappa shape index (κ2) is 5.17. The largest absolute Gasteiger partial charge is 0.466 e. The van der Waals surface area contributed by atoms with Gasteiger partial charge < -0.3 is 4.74 Å². The highest BCUT2D eigenvalue weighted by Gasteiger charge is 2.30. The minimum absolute atomic E-state index is 0.229. The second-order valence-corrected chi connectivity index (χ2v) is 5.28. The van der Waals surface area contributed by atoms with Crippen LogP contribution in [0.4, 0.5) is 0 Å². The van der Waals surface area contributed by atoms with Gasteiger partial charge in [0.1, 0.15) is 0 Å². The van der Waals surface area contributed by atoms with Gasteiger partial charge in [0.15, 0.2) is 0 Å². The molecular weight excluding hydrogens is 238 g/mol. The molecule has 19 heavy (non-hydrogen) atoms. The van der Waals surface area contributed by atoms with E-state index in [1.54, 1.807) is 6.08 Å². The predicted molar refractivity (Wildman–Crippen MR) is 73.8 cm³/mol. The van der Waals surface area contributed by atoms with Crippen LogP contribution in [-0.2, 0) is 16.0 Å². The summed E-state index contributed by atoms with van der Waals surface area (Å²) in [5, 5.41) is 0. The number of hydrogen-bond acceptors (Lipinski definition) is 3. The van der Waals surface area contributed by atoms with E-state index >= 15 is 0 Å². The first-order chi connectivity index (χ1) is 9.28. The van der Waals surface area contributed by atoms with Crippen LogP contribution in [0.3, 0.4) is 0 Å². The lowest BCUT2D eigenvalue weighted by molar-refractivity contribution is -0.134. The first-order valence-electron chi connectivity index (χ1n) is 6.87. The highest BCUT2D eigenvalue weighted by molar-refractivity contribution is 5.82. The lowest BCUT2D eigenvalue weighted by Crippen LogP contribution is -2.39. The molecule has 0 spiro atoms. The number of carbonyl (C=O) groups is 1. The molecule has 0 bridgehead atoms. The number of nitrogens with zero attached hydrogens (tertiary/aromatic N) is 1. The standard InChI is InChI=1S/C16H19NO2/c1-19-16(18)11-12-6-8-17-9-7-13-4-2-3-5-14(13)15(17)10-12/h2-5,11,15H,6-10H2,1H3. The molecule has 0 amide bonds. The number of esters is 1. The van der Waals surface area contributed by atoms with E-state index < -0.39 is 0 Å². The van der Waals surface area contributed by atoms with Gasteiger partial charge in [0.05, 0.1) is 7.11 Å². The average molecular weight is 257 g/mol. The summed E-state index contributed by atoms with van der Waals surface area (Å²) in [7, 11) is 1.43. The SMILES string of the molecule is COC(=O)C=C1CCN2CCc3ccccc3C2C1. The molecule has 0 radical (unpaired) electrons. The van der Waals surface area contributed by atoms with Crippen molar-refractivity contribution in [3.8, 4) is 0 Å². The van der Waals surface area contributed by atoms with E-state index in [0.29, 0.717) is 6.04 Å². The smallest absolute Gasteiger partial charge is 0.330 e. The molecular formula is C16H19NO2. The summed E-state index contributed by atoms with van der Waals surface area (Å²) >= 11 is 0. The zero-order valence-corrected chi connectivity index (χ0v) is 11.3. The number of fused-ring (bicyclic) bond motifs is 3. The molecule has 0 aliphatic carbocycles. The van der Waals surface area contributed by atoms with Crippen LogP contribution in [0.25, 0.3) is 0 Å². The molecule has 1 fully saturated rings. The summed E-state index contributed by atoms with van der Waals surface area (Å²) in [4.78, 5) is 13.9. The summed E-state index contributed by atoms with van der Waals surface area (Å²) in [5.41, 5.74) is 4.11. The highest BCUT2D eigenvalue weighted by atomic mass is 16.5. The van der Waals surface area contributed by atoms with Crippen LogP contribution in [0.1, 0.15) is 30.0 Å². The fourth-order valence-electron chi connectivity index (χ4n) is 3.20. The third-order valence-corrected chi connectivity index (χ3v) is 4.22. The molecule has 1 atom stereocenters. The first-order valence-corrected chi connectivity index (χ1v) is 6.87. The van der Waals surface area contributed by atoms with Crippen molar-refractivity contribution in [3.05, 3.63) is 47.0 Å². The van der Waals surface area contributed by atoms with Crippen molar-refractivity contribution < 1.29 is 9.53 Å². The zero-order valence-electron chi connectivity index (χ0n) is 11.3. The molecule has 2 heterocycles. The van der Waals surface area contributed by atoms with E-state index in [9.17, 15) is 4.79 Å². The Morgan fingerprint density at radius 2 is 2.11 bits per heavy atom. The molecule has 1 aromatic carbocycles. The topological polar surface area (TPSA) is 29.5 Å². The number of carbonyl (C=O) groups excluding carboxylic acids is 1. The van der Waals surface area contributed by atoms with Crippen molar-refractivity contribution in [2.24, 2.45) is 0 Å². The van der Waals surface area contributed by atoms with Crippen LogP contribution >= 0.6 is 0 Å². The van der Waals surface area contributed by atoms with Crippen LogP contribution in [0.15, 0.2) is 35.9 Å². The summed E-state index contributed by atoms with van der Waals surface area (Å²) in [6.07, 6.45) is 4.75. The fraction of sp³-hybridized carbons (Fsp3) is 0.438. The molecule has 0 N–H and O–H groups in total. The molecule has 3 nitrogen and oxygen atoms in total. The molecule has 0 aromatic heterocycles. The zero-order chi connectivity index (χ0) is 13.2. The summed E-state index contributed by atoms with van der Waals surface area (Å²) in [6, 6.07) is 9.12. The van der Waals surface area contributed by atoms with Crippen LogP contribution in [-0.4, -0.2) is 31.1 Å². The molecule has 100 valence electrons. The Morgan fingerprint density at radius 1 is 1.32 bits per heavy atom. The summed E-state index contributed by atoms with van der Waals surface area (Å²) < 4.78 is 4.73. The number of rotatable bonds is 1. The lowest BCUT2D eigenvalue weighted by atomic mass is 9.85. The Bertz CT molecular complexity index is 521. The number of methoxy groups -OCH3 is 1. The van der Waals surface area contributed by atoms with Crippen molar-refractivity contribution in [2.75, 3.05) is 20.2 Å². The average Bonchev–Trinajstić information content (AvgIpc) is 2.47. The van der Waals surface area contributed by atoms with Crippen molar-refractivity contribution in [2.45, 2.75) is 25.3 Å². The maximum atomic E-state index is 11.4. The van der Waals surface area contributed by atoms with E-state index in [0.717, 1.165) is 32.4 Å². The maximum absolute atomic E-state index is 11.4. The number of benzene rings is 1. The van der Waals surface area contributed by atoms with Crippen LogP contribution < -0.4 is 0 Å². The minimum atomic E-state index is -0.229. The summed E-state index contributed by atoms with van der Waals surface area (Å²) in [6.45, 7) is 2.18. The Labute approximate surface area is 113 Å². The van der Waals surface area contributed by atoms with Gasteiger partial charge in [0, 0.05) is 25.2 Å². The van der Waals surface area contributed by atoms with Gasteiger partial charge in [0.25, 0.3) is 0 Å². The van der Waals surface area contributed by atoms with Crippen molar-refractivity contribution >= 4 is 5.97 Å². The molecule has 0 saturated carbocycles. The monoisotopic (exact) mass is 257 g/mol. The first kappa shape index (κ1) is 12.4. The van der Waals surface area contributed by atoms with Gasteiger partial charge in [-0.25, -0.2) is 4.79 Å². The lowest BCUT2D eigenvalue weighted by Gasteiger charge is -2.41. The Balaban J connectivity index is 1.86. The molecule has 1 unspecified atom stereocenters. The summed E-state index contributed by atoms with van der Waals surface area (Å²) in [5.74, 6) is -0.229. The normalized spacial score (nSPS) is 24.7. The van der Waals surface area contributed by atoms with E-state index in [4.69, 9.17) is 4.74 Å². The Morgan fingerprint density at radius 3 is 2.95 bits per heavy atom. The Hall–Kier alpha value is -1.61. The van der Waals surface area contributed by atoms with E-state index in [1.165, 1.54) is 23.8 Å². The third kappa shape index (κ3) is 2.43. The van der Waals surface area contributed by atoms with Crippen LogP contribution in [0.2, 0.25) is 0 Å². The second-order valence-electron chi connectivity index (χ2n) is 5.28. The van der Waals surface area contributed by atoms with Gasteiger partial charge in [-0.2, -0.15) is 0 Å². The minimum Gasteiger partial charge on any atom is -0.466 e. The van der Waals surface area contributed by atoms with Crippen molar-refractivity contribution in [1.82, 2.24) is 4.90 Å². The highest BCUT2D eigenvalue weighted by Crippen LogP contribution is 2.38. The van der Waals surface area contributed by atoms with Crippen molar-refractivity contribution in [1.29, 1.82) is 0 Å². The van der Waals surface area contributed by atoms with Gasteiger partial charge >= 0.3 is 5.97 Å². The van der Waals surface area contributed by atoms with Gasteiger partial charge in [-0.3, -0.25) is 4.90 Å². The molecule has 2 aliphatic rings. The molecule has 2 aliphatic heterocycles. The molecule has 3 rings (SSSR count). The van der Waals surface area contributed by atoms with E-state index in [-0.39, 0.29) is 5.97 Å². The predicted octanol–water partition coefficient (Wildman–Crippen LogP) is 2.48. The van der Waals surface area contributed by atoms with Gasteiger partial charge in [-0.05, 0) is 30.4 Å². The molecule has 1 aromatic rings. The van der Waals surface area contributed by atoms with Gasteiger partial charge in [-0.15, -0.1) is 0 Å².